The first-order valence-corrected chi connectivity index (χ1v) is 42.8. The number of unbranched alkanes of at least 4 members (excludes halogenated alkanes) is 32. The maximum Gasteiger partial charge on any atom is 0.472 e. The highest BCUT2D eigenvalue weighted by Crippen LogP contribution is 2.45. The summed E-state index contributed by atoms with van der Waals surface area (Å²) in [7, 11) is -9.80. The molecule has 0 radical (unpaired) electrons. The van der Waals surface area contributed by atoms with E-state index in [-0.39, 0.29) is 19.3 Å². The van der Waals surface area contributed by atoms with E-state index in [1.165, 1.54) is 154 Å². The van der Waals surface area contributed by atoms with E-state index >= 15 is 0 Å². The Labute approximate surface area is 614 Å². The standard InChI is InChI=1S/C83H144O16P2/c1-4-7-10-13-16-19-22-25-28-30-31-32-33-34-35-36-37-38-39-40-41-42-43-44-45-47-50-51-54-57-60-63-66-69-81(86)93-72-78(84)73-95-100(89,90)96-74-79(85)75-97-101(91,92)98-77-80(99-83(88)71-68-65-62-59-56-53-48-27-24-21-18-15-12-9-6-3)76-94-82(87)70-67-64-61-58-55-52-49-46-29-26-23-20-17-14-11-8-5-2/h8,11,16-17,19-20,25-29,31-32,34-35,48-49,52,58,61,78-80,84-85H,4-7,9-10,12-15,18,21-24,30,33,36-47,50-51,53-57,59-60,62-77H2,1-3H3,(H,89,90)(H,91,92)/b11-8-,19-16-,20-17-,28-25-,29-26-,32-31-,35-34-,48-27-,52-49-,61-58-. The second-order valence-corrected chi connectivity index (χ2v) is 29.4. The van der Waals surface area contributed by atoms with E-state index < -0.39 is 91.5 Å². The van der Waals surface area contributed by atoms with Gasteiger partial charge in [-0.1, -0.05) is 303 Å². The Bertz CT molecular complexity index is 2320. The van der Waals surface area contributed by atoms with Crippen LogP contribution in [0.1, 0.15) is 329 Å². The van der Waals surface area contributed by atoms with Gasteiger partial charge in [0.1, 0.15) is 25.4 Å². The lowest BCUT2D eigenvalue weighted by molar-refractivity contribution is -0.161. The van der Waals surface area contributed by atoms with Gasteiger partial charge in [-0.15, -0.1) is 0 Å². The van der Waals surface area contributed by atoms with Crippen LogP contribution in [0.15, 0.2) is 122 Å². The summed E-state index contributed by atoms with van der Waals surface area (Å²) in [5.74, 6) is -1.65. The van der Waals surface area contributed by atoms with Crippen LogP contribution < -0.4 is 0 Å². The summed E-state index contributed by atoms with van der Waals surface area (Å²) < 4.78 is 61.0. The van der Waals surface area contributed by atoms with Crippen LogP contribution in [-0.4, -0.2) is 95.9 Å². The lowest BCUT2D eigenvalue weighted by Crippen LogP contribution is -2.30. The van der Waals surface area contributed by atoms with Crippen molar-refractivity contribution in [2.24, 2.45) is 0 Å². The van der Waals surface area contributed by atoms with Crippen molar-refractivity contribution in [3.05, 3.63) is 122 Å². The normalized spacial score (nSPS) is 14.6. The quantitative estimate of drug-likeness (QED) is 0.0146. The monoisotopic (exact) mass is 1460 g/mol. The molecule has 0 spiro atoms. The number of carbonyl (C=O) groups excluding carboxylic acids is 3. The molecule has 0 aromatic heterocycles. The molecule has 0 heterocycles. The van der Waals surface area contributed by atoms with Crippen molar-refractivity contribution in [2.75, 3.05) is 39.6 Å². The second kappa shape index (κ2) is 75.6. The third-order valence-corrected chi connectivity index (χ3v) is 18.5. The molecule has 0 aliphatic heterocycles. The highest BCUT2D eigenvalue weighted by molar-refractivity contribution is 7.47. The van der Waals surface area contributed by atoms with Crippen LogP contribution >= 0.6 is 15.6 Å². The molecule has 0 bridgehead atoms. The summed E-state index contributed by atoms with van der Waals surface area (Å²) >= 11 is 0. The van der Waals surface area contributed by atoms with Gasteiger partial charge in [-0.05, 0) is 128 Å². The van der Waals surface area contributed by atoms with Crippen molar-refractivity contribution >= 4 is 33.6 Å². The Morgan fingerprint density at radius 3 is 0.901 bits per heavy atom. The zero-order valence-corrected chi connectivity index (χ0v) is 65.3. The maximum absolute atomic E-state index is 12.9. The molecule has 0 fully saturated rings. The molecule has 5 unspecified atom stereocenters. The number of aliphatic hydroxyl groups excluding tert-OH is 2. The number of phosphoric acid groups is 2. The van der Waals surface area contributed by atoms with E-state index in [1.54, 1.807) is 0 Å². The van der Waals surface area contributed by atoms with Gasteiger partial charge in [0.2, 0.25) is 0 Å². The zero-order chi connectivity index (χ0) is 73.7. The number of ether oxygens (including phenoxy) is 3. The summed E-state index contributed by atoms with van der Waals surface area (Å²) in [6, 6.07) is 0. The SMILES string of the molecule is CC/C=C\C/C=C\C/C=C\C/C=C\C/C=C\CCCC(=O)OCC(COP(=O)(O)OCC(O)COP(=O)(O)OCC(O)COC(=O)CCCCCCCCCCCCCCCCCCC/C=C\C/C=C\C/C=C\C/C=C\CCCCC)OC(=O)CCCCCCC/C=C\CCCCCCCC. The fourth-order valence-corrected chi connectivity index (χ4v) is 12.2. The molecule has 0 saturated carbocycles. The summed E-state index contributed by atoms with van der Waals surface area (Å²) in [6.45, 7) is 2.47. The Balaban J connectivity index is 4.44. The number of rotatable bonds is 75. The summed E-state index contributed by atoms with van der Waals surface area (Å²) in [4.78, 5) is 58.5. The van der Waals surface area contributed by atoms with Crippen LogP contribution in [0, 0.1) is 0 Å². The number of hydrogen-bond donors (Lipinski definition) is 4. The zero-order valence-electron chi connectivity index (χ0n) is 63.5. The number of carbonyl (C=O) groups is 3. The Morgan fingerprint density at radius 1 is 0.287 bits per heavy atom. The average Bonchev–Trinajstić information content (AvgIpc) is 0.944. The first kappa shape index (κ1) is 97.0. The minimum absolute atomic E-state index is 0.0812. The maximum atomic E-state index is 12.9. The summed E-state index contributed by atoms with van der Waals surface area (Å²) in [6.07, 6.45) is 89.9. The van der Waals surface area contributed by atoms with Crippen molar-refractivity contribution in [2.45, 2.75) is 347 Å². The molecule has 0 aliphatic carbocycles. The molecule has 0 saturated heterocycles. The molecule has 0 aromatic carbocycles. The van der Waals surface area contributed by atoms with E-state index in [0.29, 0.717) is 25.7 Å². The van der Waals surface area contributed by atoms with E-state index in [4.69, 9.17) is 32.3 Å². The fourth-order valence-electron chi connectivity index (χ4n) is 10.6. The Kier molecular flexibility index (Phi) is 72.6. The molecule has 0 aromatic rings. The first-order chi connectivity index (χ1) is 49.2. The van der Waals surface area contributed by atoms with Crippen LogP contribution in [-0.2, 0) is 55.8 Å². The lowest BCUT2D eigenvalue weighted by Gasteiger charge is -2.21. The summed E-state index contributed by atoms with van der Waals surface area (Å²) in [5.41, 5.74) is 0. The van der Waals surface area contributed by atoms with Crippen molar-refractivity contribution in [1.82, 2.24) is 0 Å². The van der Waals surface area contributed by atoms with Gasteiger partial charge in [0, 0.05) is 19.3 Å². The molecule has 101 heavy (non-hydrogen) atoms. The van der Waals surface area contributed by atoms with E-state index in [2.05, 4.69) is 130 Å². The van der Waals surface area contributed by atoms with Gasteiger partial charge in [-0.25, -0.2) is 9.13 Å². The molecule has 0 amide bonds. The van der Waals surface area contributed by atoms with Crippen LogP contribution in [0.2, 0.25) is 0 Å². The highest BCUT2D eigenvalue weighted by Gasteiger charge is 2.29. The molecule has 0 aliphatic rings. The van der Waals surface area contributed by atoms with Gasteiger partial charge in [0.05, 0.1) is 26.4 Å². The van der Waals surface area contributed by atoms with Crippen LogP contribution in [0.5, 0.6) is 0 Å². The minimum Gasteiger partial charge on any atom is -0.463 e. The topological polar surface area (TPSA) is 231 Å². The Morgan fingerprint density at radius 2 is 0.535 bits per heavy atom. The minimum atomic E-state index is -4.94. The highest BCUT2D eigenvalue weighted by atomic mass is 31.2. The average molecular weight is 1460 g/mol. The largest absolute Gasteiger partial charge is 0.472 e. The smallest absolute Gasteiger partial charge is 0.463 e. The predicted molar refractivity (Wildman–Crippen MR) is 417 cm³/mol. The molecular weight excluding hydrogens is 1310 g/mol. The summed E-state index contributed by atoms with van der Waals surface area (Å²) in [5, 5.41) is 20.6. The van der Waals surface area contributed by atoms with Crippen LogP contribution in [0.4, 0.5) is 0 Å². The number of hydrogen-bond acceptors (Lipinski definition) is 14. The van der Waals surface area contributed by atoms with E-state index in [9.17, 15) is 43.5 Å². The Hall–Kier alpha value is -4.05. The van der Waals surface area contributed by atoms with Gasteiger partial charge in [0.25, 0.3) is 0 Å². The van der Waals surface area contributed by atoms with Gasteiger partial charge in [-0.2, -0.15) is 0 Å². The van der Waals surface area contributed by atoms with Gasteiger partial charge in [0.15, 0.2) is 6.10 Å². The van der Waals surface area contributed by atoms with Crippen molar-refractivity contribution in [3.63, 3.8) is 0 Å². The number of allylic oxidation sites excluding steroid dienone is 20. The van der Waals surface area contributed by atoms with Gasteiger partial charge in [-0.3, -0.25) is 32.5 Å². The number of esters is 3. The molecule has 0 rings (SSSR count). The van der Waals surface area contributed by atoms with E-state index in [0.717, 1.165) is 109 Å². The second-order valence-electron chi connectivity index (χ2n) is 26.5. The predicted octanol–water partition coefficient (Wildman–Crippen LogP) is 23.3. The fraction of sp³-hybridized carbons (Fsp3) is 0.723. The van der Waals surface area contributed by atoms with Crippen LogP contribution in [0.25, 0.3) is 0 Å². The molecule has 18 heteroatoms. The third kappa shape index (κ3) is 76.9. The number of aliphatic hydroxyl groups is 2. The van der Waals surface area contributed by atoms with Crippen molar-refractivity contribution < 1.29 is 75.8 Å². The molecule has 5 atom stereocenters. The number of phosphoric ester groups is 2. The van der Waals surface area contributed by atoms with Gasteiger partial charge < -0.3 is 34.2 Å². The lowest BCUT2D eigenvalue weighted by atomic mass is 10.0. The molecule has 582 valence electrons. The third-order valence-electron chi connectivity index (χ3n) is 16.6. The molecule has 4 N–H and O–H groups in total. The van der Waals surface area contributed by atoms with Gasteiger partial charge >= 0.3 is 33.6 Å². The van der Waals surface area contributed by atoms with Crippen molar-refractivity contribution in [3.8, 4) is 0 Å². The van der Waals surface area contributed by atoms with Crippen LogP contribution in [0.3, 0.4) is 0 Å². The first-order valence-electron chi connectivity index (χ1n) is 39.8. The molecular formula is C83H144O16P2. The molecule has 16 nitrogen and oxygen atoms in total. The van der Waals surface area contributed by atoms with E-state index in [1.807, 2.05) is 12.2 Å². The van der Waals surface area contributed by atoms with Crippen molar-refractivity contribution in [1.29, 1.82) is 0 Å².